The molecule has 5 heteroatoms. The lowest BCUT2D eigenvalue weighted by Gasteiger charge is -2.29. The van der Waals surface area contributed by atoms with Crippen LogP contribution in [0.3, 0.4) is 0 Å². The first-order valence-electron chi connectivity index (χ1n) is 9.30. The van der Waals surface area contributed by atoms with E-state index in [0.717, 1.165) is 16.8 Å². The molecule has 27 heavy (non-hydrogen) atoms. The summed E-state index contributed by atoms with van der Waals surface area (Å²) >= 11 is 0. The highest BCUT2D eigenvalue weighted by molar-refractivity contribution is 5.92. The Balaban J connectivity index is 1.91. The molecular formula is C22H29N3O2. The van der Waals surface area contributed by atoms with Crippen LogP contribution < -0.4 is 5.32 Å². The normalized spacial score (nSPS) is 11.9. The molecule has 144 valence electrons. The molecule has 5 nitrogen and oxygen atoms in total. The van der Waals surface area contributed by atoms with E-state index in [9.17, 15) is 9.59 Å². The van der Waals surface area contributed by atoms with Crippen LogP contribution in [-0.4, -0.2) is 47.8 Å². The maximum absolute atomic E-state index is 12.8. The third-order valence-corrected chi connectivity index (χ3v) is 4.66. The number of nitrogens with zero attached hydrogens (tertiary/aromatic N) is 2. The average molecular weight is 367 g/mol. The summed E-state index contributed by atoms with van der Waals surface area (Å²) in [4.78, 5) is 28.7. The summed E-state index contributed by atoms with van der Waals surface area (Å²) in [6.07, 6.45) is 0. The molecule has 0 aliphatic carbocycles. The number of amides is 2. The fraction of sp³-hybridized carbons (Fsp3) is 0.364. The smallest absolute Gasteiger partial charge is 0.239 e. The lowest BCUT2D eigenvalue weighted by molar-refractivity contribution is -0.136. The van der Waals surface area contributed by atoms with Crippen LogP contribution in [0.25, 0.3) is 0 Å². The number of carbonyl (C=O) groups excluding carboxylic acids is 2. The molecule has 0 saturated heterocycles. The molecule has 0 bridgehead atoms. The van der Waals surface area contributed by atoms with Crippen LogP contribution in [0.2, 0.25) is 0 Å². The third kappa shape index (κ3) is 6.22. The van der Waals surface area contributed by atoms with Crippen molar-refractivity contribution in [1.29, 1.82) is 0 Å². The highest BCUT2D eigenvalue weighted by Gasteiger charge is 2.24. The van der Waals surface area contributed by atoms with Crippen LogP contribution >= 0.6 is 0 Å². The number of anilines is 1. The summed E-state index contributed by atoms with van der Waals surface area (Å²) in [5.41, 5.74) is 3.00. The van der Waals surface area contributed by atoms with Crippen LogP contribution in [0.4, 0.5) is 5.69 Å². The molecule has 1 atom stereocenters. The average Bonchev–Trinajstić information content (AvgIpc) is 2.67. The molecule has 2 rings (SSSR count). The molecule has 0 heterocycles. The zero-order valence-electron chi connectivity index (χ0n) is 16.6. The van der Waals surface area contributed by atoms with E-state index in [4.69, 9.17) is 0 Å². The zero-order chi connectivity index (χ0) is 19.8. The number of carbonyl (C=O) groups is 2. The molecule has 1 N–H and O–H groups in total. The second-order valence-electron chi connectivity index (χ2n) is 6.84. The predicted octanol–water partition coefficient (Wildman–Crippen LogP) is 3.30. The van der Waals surface area contributed by atoms with E-state index in [-0.39, 0.29) is 24.4 Å². The van der Waals surface area contributed by atoms with E-state index >= 15 is 0 Å². The first kappa shape index (κ1) is 20.6. The Labute approximate surface area is 162 Å². The quantitative estimate of drug-likeness (QED) is 0.779. The van der Waals surface area contributed by atoms with Crippen LogP contribution in [0.15, 0.2) is 54.6 Å². The van der Waals surface area contributed by atoms with Crippen molar-refractivity contribution in [2.24, 2.45) is 0 Å². The van der Waals surface area contributed by atoms with Crippen molar-refractivity contribution in [3.05, 3.63) is 65.7 Å². The van der Waals surface area contributed by atoms with Crippen molar-refractivity contribution in [2.75, 3.05) is 25.5 Å². The van der Waals surface area contributed by atoms with Gasteiger partial charge in [0.05, 0.1) is 12.6 Å². The van der Waals surface area contributed by atoms with E-state index < -0.39 is 0 Å². The number of rotatable bonds is 8. The minimum absolute atomic E-state index is 0.0204. The molecule has 0 aromatic heterocycles. The van der Waals surface area contributed by atoms with Crippen LogP contribution in [-0.2, 0) is 16.1 Å². The highest BCUT2D eigenvalue weighted by Crippen LogP contribution is 2.10. The number of likely N-dealkylation sites (N-methyl/N-ethyl adjacent to an activating group) is 2. The molecular weight excluding hydrogens is 338 g/mol. The Morgan fingerprint density at radius 1 is 1.04 bits per heavy atom. The second-order valence-corrected chi connectivity index (χ2v) is 6.84. The predicted molar refractivity (Wildman–Crippen MR) is 109 cm³/mol. The number of nitrogens with one attached hydrogen (secondary N) is 1. The molecule has 2 aromatic rings. The van der Waals surface area contributed by atoms with Gasteiger partial charge in [-0.25, -0.2) is 0 Å². The molecule has 0 spiro atoms. The highest BCUT2D eigenvalue weighted by atomic mass is 16.2. The van der Waals surface area contributed by atoms with Gasteiger partial charge >= 0.3 is 0 Å². The van der Waals surface area contributed by atoms with Crippen LogP contribution in [0, 0.1) is 6.92 Å². The van der Waals surface area contributed by atoms with E-state index in [0.29, 0.717) is 13.1 Å². The van der Waals surface area contributed by atoms with Crippen LogP contribution in [0.1, 0.15) is 25.0 Å². The van der Waals surface area contributed by atoms with Gasteiger partial charge in [-0.05, 0) is 45.5 Å². The minimum Gasteiger partial charge on any atom is -0.337 e. The van der Waals surface area contributed by atoms with Gasteiger partial charge in [0.2, 0.25) is 11.8 Å². The summed E-state index contributed by atoms with van der Waals surface area (Å²) in [5, 5.41) is 2.87. The summed E-state index contributed by atoms with van der Waals surface area (Å²) in [5.74, 6) is -0.112. The third-order valence-electron chi connectivity index (χ3n) is 4.66. The Morgan fingerprint density at radius 3 is 2.26 bits per heavy atom. The van der Waals surface area contributed by atoms with Crippen molar-refractivity contribution < 1.29 is 9.59 Å². The molecule has 0 aliphatic heterocycles. The van der Waals surface area contributed by atoms with Gasteiger partial charge in [0.1, 0.15) is 0 Å². The standard InChI is InChI=1S/C22H29N3O2/c1-5-25(15-19-9-7-6-8-10-19)22(27)18(3)24(4)16-21(26)23-20-13-11-17(2)12-14-20/h6-14,18H,5,15-16H2,1-4H3,(H,23,26)/t18-/m1/s1. The second kappa shape index (κ2) is 9.88. The topological polar surface area (TPSA) is 52.7 Å². The molecule has 2 amide bonds. The van der Waals surface area contributed by atoms with Gasteiger partial charge in [0.25, 0.3) is 0 Å². The lowest BCUT2D eigenvalue weighted by atomic mass is 10.2. The Kier molecular flexibility index (Phi) is 7.55. The zero-order valence-corrected chi connectivity index (χ0v) is 16.6. The van der Waals surface area contributed by atoms with Gasteiger partial charge in [-0.15, -0.1) is 0 Å². The SMILES string of the molecule is CCN(Cc1ccccc1)C(=O)[C@@H](C)N(C)CC(=O)Nc1ccc(C)cc1. The van der Waals surface area contributed by atoms with E-state index in [2.05, 4.69) is 5.32 Å². The van der Waals surface area contributed by atoms with Crippen molar-refractivity contribution >= 4 is 17.5 Å². The molecule has 0 aliphatic rings. The van der Waals surface area contributed by atoms with Crippen molar-refractivity contribution in [2.45, 2.75) is 33.4 Å². The van der Waals surface area contributed by atoms with E-state index in [1.54, 1.807) is 11.9 Å². The van der Waals surface area contributed by atoms with Gasteiger partial charge in [-0.2, -0.15) is 0 Å². The first-order chi connectivity index (χ1) is 12.9. The maximum Gasteiger partial charge on any atom is 0.239 e. The van der Waals surface area contributed by atoms with Gasteiger partial charge in [-0.3, -0.25) is 14.5 Å². The van der Waals surface area contributed by atoms with Gasteiger partial charge in [0, 0.05) is 18.8 Å². The number of benzene rings is 2. The fourth-order valence-electron chi connectivity index (χ4n) is 2.80. The summed E-state index contributed by atoms with van der Waals surface area (Å²) in [6, 6.07) is 17.2. The first-order valence-corrected chi connectivity index (χ1v) is 9.30. The van der Waals surface area contributed by atoms with Crippen molar-refractivity contribution in [1.82, 2.24) is 9.80 Å². The lowest BCUT2D eigenvalue weighted by Crippen LogP contribution is -2.47. The Morgan fingerprint density at radius 2 is 1.67 bits per heavy atom. The van der Waals surface area contributed by atoms with Gasteiger partial charge < -0.3 is 10.2 Å². The van der Waals surface area contributed by atoms with Gasteiger partial charge in [0.15, 0.2) is 0 Å². The number of aryl methyl sites for hydroxylation is 1. The number of hydrogen-bond acceptors (Lipinski definition) is 3. The monoisotopic (exact) mass is 367 g/mol. The Hall–Kier alpha value is -2.66. The fourth-order valence-corrected chi connectivity index (χ4v) is 2.80. The molecule has 0 unspecified atom stereocenters. The summed E-state index contributed by atoms with van der Waals surface area (Å²) in [6.45, 7) is 7.17. The van der Waals surface area contributed by atoms with Gasteiger partial charge in [-0.1, -0.05) is 48.0 Å². The number of hydrogen-bond donors (Lipinski definition) is 1. The molecule has 0 fully saturated rings. The maximum atomic E-state index is 12.8. The molecule has 0 saturated carbocycles. The van der Waals surface area contributed by atoms with E-state index in [1.807, 2.05) is 80.3 Å². The summed E-state index contributed by atoms with van der Waals surface area (Å²) in [7, 11) is 1.80. The molecule has 2 aromatic carbocycles. The Bertz CT molecular complexity index is 744. The minimum atomic E-state index is -0.377. The van der Waals surface area contributed by atoms with Crippen molar-refractivity contribution in [3.8, 4) is 0 Å². The van der Waals surface area contributed by atoms with Crippen molar-refractivity contribution in [3.63, 3.8) is 0 Å². The largest absolute Gasteiger partial charge is 0.337 e. The summed E-state index contributed by atoms with van der Waals surface area (Å²) < 4.78 is 0. The van der Waals surface area contributed by atoms with Crippen LogP contribution in [0.5, 0.6) is 0 Å². The molecule has 0 radical (unpaired) electrons. The van der Waals surface area contributed by atoms with E-state index in [1.165, 1.54) is 0 Å².